The van der Waals surface area contributed by atoms with Crippen molar-refractivity contribution >= 4 is 53.2 Å². The Labute approximate surface area is 184 Å². The van der Waals surface area contributed by atoms with E-state index in [-0.39, 0.29) is 69.1 Å². The van der Waals surface area contributed by atoms with Crippen LogP contribution < -0.4 is 10.5 Å². The molecule has 1 heterocycles. The number of carbonyl (C=O) groups is 1. The molecule has 1 atom stereocenters. The molecule has 0 fully saturated rings. The summed E-state index contributed by atoms with van der Waals surface area (Å²) in [5.41, 5.74) is 5.06. The van der Waals surface area contributed by atoms with Crippen molar-refractivity contribution in [3.05, 3.63) is 57.9 Å². The summed E-state index contributed by atoms with van der Waals surface area (Å²) in [5.74, 6) is -2.62. The summed E-state index contributed by atoms with van der Waals surface area (Å²) in [4.78, 5) is 11.2. The van der Waals surface area contributed by atoms with E-state index >= 15 is 0 Å². The Morgan fingerprint density at radius 3 is 2.46 bits per heavy atom. The number of nitrogens with two attached hydrogens (primary N) is 1. The van der Waals surface area contributed by atoms with Crippen LogP contribution in [0.15, 0.2) is 35.9 Å². The van der Waals surface area contributed by atoms with Gasteiger partial charge in [-0.3, -0.25) is 0 Å². The molecule has 1 aliphatic heterocycles. The molecule has 10 heteroatoms. The van der Waals surface area contributed by atoms with Crippen LogP contribution in [0.25, 0.3) is 17.2 Å². The topological polar surface area (TPSA) is 72.5 Å². The summed E-state index contributed by atoms with van der Waals surface area (Å²) < 4.78 is 59.0. The van der Waals surface area contributed by atoms with Gasteiger partial charge in [-0.25, -0.2) is 9.18 Å². The number of alkyl halides is 3. The number of carboxylic acid groups (broad SMARTS) is 1. The molecule has 3 rings (SSSR count). The van der Waals surface area contributed by atoms with Crippen LogP contribution in [-0.2, 0) is 11.3 Å². The molecule has 4 nitrogen and oxygen atoms in total. The Morgan fingerprint density at radius 1 is 1.25 bits per heavy atom. The van der Waals surface area contributed by atoms with Crippen molar-refractivity contribution in [2.75, 3.05) is 0 Å². The van der Waals surface area contributed by atoms with Crippen molar-refractivity contribution in [3.8, 4) is 16.9 Å². The van der Waals surface area contributed by atoms with Crippen LogP contribution in [0, 0.1) is 5.82 Å². The second-order valence-electron chi connectivity index (χ2n) is 5.83. The van der Waals surface area contributed by atoms with Gasteiger partial charge in [-0.2, -0.15) is 13.2 Å². The summed E-state index contributed by atoms with van der Waals surface area (Å²) >= 11 is 6.02. The standard InChI is InChI=1S/C18H12ClF4NO3.Na.H/c19-11-3-10-4-13(17(25)26)16(18(21,22)23)27-15(10)12(6-11)8-1-2-9(7-24)14(20)5-8;;/h1-6,16H,7,24H2,(H,25,26);;/t16-;;/m0../s1. The van der Waals surface area contributed by atoms with E-state index in [1.165, 1.54) is 24.3 Å². The van der Waals surface area contributed by atoms with Crippen molar-refractivity contribution < 1.29 is 32.2 Å². The van der Waals surface area contributed by atoms with Gasteiger partial charge in [0.15, 0.2) is 0 Å². The molecule has 0 radical (unpaired) electrons. The zero-order valence-corrected chi connectivity index (χ0v) is 14.2. The van der Waals surface area contributed by atoms with E-state index < -0.39 is 29.6 Å². The number of fused-ring (bicyclic) bond motifs is 1. The van der Waals surface area contributed by atoms with Gasteiger partial charge in [0, 0.05) is 28.3 Å². The fourth-order valence-electron chi connectivity index (χ4n) is 2.79. The summed E-state index contributed by atoms with van der Waals surface area (Å²) in [6.07, 6.45) is -6.75. The second kappa shape index (κ2) is 8.42. The first-order chi connectivity index (χ1) is 12.6. The minimum atomic E-state index is -4.95. The molecule has 0 spiro atoms. The van der Waals surface area contributed by atoms with Crippen molar-refractivity contribution in [1.29, 1.82) is 0 Å². The van der Waals surface area contributed by atoms with Gasteiger partial charge in [0.25, 0.3) is 0 Å². The van der Waals surface area contributed by atoms with E-state index in [0.29, 0.717) is 0 Å². The van der Waals surface area contributed by atoms with Gasteiger partial charge in [0.05, 0.1) is 5.57 Å². The predicted octanol–water partition coefficient (Wildman–Crippen LogP) is 3.75. The van der Waals surface area contributed by atoms with Gasteiger partial charge < -0.3 is 15.6 Å². The summed E-state index contributed by atoms with van der Waals surface area (Å²) in [6.45, 7) is -0.0445. The van der Waals surface area contributed by atoms with Crippen LogP contribution >= 0.6 is 11.6 Å². The molecule has 2 aromatic carbocycles. The normalized spacial score (nSPS) is 15.8. The second-order valence-corrected chi connectivity index (χ2v) is 6.26. The number of benzene rings is 2. The van der Waals surface area contributed by atoms with Gasteiger partial charge in [0.2, 0.25) is 6.10 Å². The van der Waals surface area contributed by atoms with Gasteiger partial charge in [-0.1, -0.05) is 23.7 Å². The van der Waals surface area contributed by atoms with Gasteiger partial charge in [-0.15, -0.1) is 0 Å². The van der Waals surface area contributed by atoms with Crippen molar-refractivity contribution in [2.45, 2.75) is 18.8 Å². The Morgan fingerprint density at radius 2 is 1.93 bits per heavy atom. The Balaban J connectivity index is 0.00000280. The number of ether oxygens (including phenoxy) is 1. The maximum absolute atomic E-state index is 14.1. The van der Waals surface area contributed by atoms with Crippen molar-refractivity contribution in [1.82, 2.24) is 0 Å². The van der Waals surface area contributed by atoms with E-state index in [1.54, 1.807) is 0 Å². The molecule has 0 unspecified atom stereocenters. The van der Waals surface area contributed by atoms with E-state index in [1.807, 2.05) is 0 Å². The van der Waals surface area contributed by atoms with E-state index in [2.05, 4.69) is 0 Å². The number of hydrogen-bond acceptors (Lipinski definition) is 3. The fourth-order valence-corrected chi connectivity index (χ4v) is 3.02. The van der Waals surface area contributed by atoms with Gasteiger partial charge >= 0.3 is 41.7 Å². The summed E-state index contributed by atoms with van der Waals surface area (Å²) in [7, 11) is 0. The van der Waals surface area contributed by atoms with Gasteiger partial charge in [0.1, 0.15) is 11.6 Å². The van der Waals surface area contributed by atoms with E-state index in [0.717, 1.165) is 12.1 Å². The van der Waals surface area contributed by atoms with Crippen molar-refractivity contribution in [2.24, 2.45) is 5.73 Å². The number of halogens is 5. The molecular weight excluding hydrogens is 413 g/mol. The quantitative estimate of drug-likeness (QED) is 0.580. The molecule has 28 heavy (non-hydrogen) atoms. The monoisotopic (exact) mass is 425 g/mol. The Bertz CT molecular complexity index is 963. The number of carboxylic acids is 1. The third-order valence-electron chi connectivity index (χ3n) is 4.04. The SMILES string of the molecule is NCc1ccc(-c2cc(Cl)cc3c2O[C@H](C(F)(F)F)C(C(=O)O)=C3)cc1F.[NaH]. The molecule has 144 valence electrons. The number of hydrogen-bond donors (Lipinski definition) is 2. The molecule has 3 N–H and O–H groups in total. The summed E-state index contributed by atoms with van der Waals surface area (Å²) in [5, 5.41) is 9.23. The van der Waals surface area contributed by atoms with Crippen LogP contribution in [0.4, 0.5) is 17.6 Å². The third kappa shape index (κ3) is 4.36. The van der Waals surface area contributed by atoms with Crippen LogP contribution in [0.1, 0.15) is 11.1 Å². The van der Waals surface area contributed by atoms with Crippen LogP contribution in [0.2, 0.25) is 5.02 Å². The average Bonchev–Trinajstić information content (AvgIpc) is 2.58. The molecule has 0 aliphatic carbocycles. The zero-order valence-electron chi connectivity index (χ0n) is 13.5. The molecule has 0 bridgehead atoms. The van der Waals surface area contributed by atoms with Crippen LogP contribution in [0.3, 0.4) is 0 Å². The molecule has 0 saturated heterocycles. The first-order valence-corrected chi connectivity index (χ1v) is 8.00. The van der Waals surface area contributed by atoms with E-state index in [9.17, 15) is 22.4 Å². The Kier molecular flexibility index (Phi) is 6.83. The first-order valence-electron chi connectivity index (χ1n) is 7.62. The molecule has 1 aliphatic rings. The first kappa shape index (κ1) is 22.7. The predicted molar refractivity (Wildman–Crippen MR) is 98.0 cm³/mol. The molecular formula is C18H13ClF4NNaO3. The Hall–Kier alpha value is -1.58. The number of aliphatic carboxylic acids is 1. The maximum atomic E-state index is 14.1. The molecule has 0 amide bonds. The third-order valence-corrected chi connectivity index (χ3v) is 4.26. The molecule has 2 aromatic rings. The number of rotatable bonds is 3. The van der Waals surface area contributed by atoms with E-state index in [4.69, 9.17) is 27.2 Å². The van der Waals surface area contributed by atoms with Crippen LogP contribution in [0.5, 0.6) is 5.75 Å². The van der Waals surface area contributed by atoms with Crippen LogP contribution in [-0.4, -0.2) is 52.9 Å². The molecule has 0 aromatic heterocycles. The zero-order chi connectivity index (χ0) is 19.9. The minimum absolute atomic E-state index is 0. The van der Waals surface area contributed by atoms with Crippen molar-refractivity contribution in [3.63, 3.8) is 0 Å². The average molecular weight is 426 g/mol. The molecule has 0 saturated carbocycles. The fraction of sp³-hybridized carbons (Fsp3) is 0.167. The van der Waals surface area contributed by atoms with Gasteiger partial charge in [-0.05, 0) is 29.8 Å². The summed E-state index contributed by atoms with van der Waals surface area (Å²) in [6, 6.07) is 6.58.